The lowest BCUT2D eigenvalue weighted by Gasteiger charge is -2.38. The Labute approximate surface area is 145 Å². The fourth-order valence-electron chi connectivity index (χ4n) is 3.38. The molecule has 0 aliphatic carbocycles. The second kappa shape index (κ2) is 8.93. The summed E-state index contributed by atoms with van der Waals surface area (Å²) < 4.78 is 0. The number of likely N-dealkylation sites (tertiary alicyclic amines) is 1. The SMILES string of the molecule is C#CC[C@H](CC)NC(=O)N1CCN([C@H](C)C(=O)N2CCCC2)CC1. The maximum atomic E-state index is 12.5. The Morgan fingerprint density at radius 1 is 1.08 bits per heavy atom. The topological polar surface area (TPSA) is 55.9 Å². The van der Waals surface area contributed by atoms with Crippen LogP contribution in [-0.4, -0.2) is 78.0 Å². The number of carbonyl (C=O) groups is 2. The molecule has 0 radical (unpaired) electrons. The number of nitrogens with zero attached hydrogens (tertiary/aromatic N) is 3. The zero-order chi connectivity index (χ0) is 17.5. The minimum Gasteiger partial charge on any atom is -0.341 e. The van der Waals surface area contributed by atoms with E-state index in [4.69, 9.17) is 6.42 Å². The van der Waals surface area contributed by atoms with Crippen molar-refractivity contribution in [1.82, 2.24) is 20.0 Å². The highest BCUT2D eigenvalue weighted by Gasteiger charge is 2.31. The van der Waals surface area contributed by atoms with Gasteiger partial charge in [-0.25, -0.2) is 4.79 Å². The van der Waals surface area contributed by atoms with Crippen molar-refractivity contribution in [2.45, 2.75) is 51.6 Å². The van der Waals surface area contributed by atoms with Crippen LogP contribution in [0.25, 0.3) is 0 Å². The molecule has 6 nitrogen and oxygen atoms in total. The van der Waals surface area contributed by atoms with Gasteiger partial charge in [0.1, 0.15) is 0 Å². The summed E-state index contributed by atoms with van der Waals surface area (Å²) in [6, 6.07) is -0.107. The van der Waals surface area contributed by atoms with E-state index in [9.17, 15) is 9.59 Å². The number of nitrogens with one attached hydrogen (secondary N) is 1. The summed E-state index contributed by atoms with van der Waals surface area (Å²) in [6.45, 7) is 8.55. The molecule has 1 N–H and O–H groups in total. The minimum atomic E-state index is -0.0989. The highest BCUT2D eigenvalue weighted by Crippen LogP contribution is 2.14. The number of hydrogen-bond acceptors (Lipinski definition) is 3. The summed E-state index contributed by atoms with van der Waals surface area (Å²) >= 11 is 0. The van der Waals surface area contributed by atoms with Gasteiger partial charge in [-0.3, -0.25) is 9.69 Å². The quantitative estimate of drug-likeness (QED) is 0.767. The van der Waals surface area contributed by atoms with Gasteiger partial charge >= 0.3 is 6.03 Å². The van der Waals surface area contributed by atoms with Gasteiger partial charge in [0, 0.05) is 51.7 Å². The number of rotatable bonds is 5. The molecule has 0 unspecified atom stereocenters. The maximum Gasteiger partial charge on any atom is 0.317 e. The van der Waals surface area contributed by atoms with Gasteiger partial charge in [0.25, 0.3) is 0 Å². The number of terminal acetylenes is 1. The van der Waals surface area contributed by atoms with Gasteiger partial charge in [-0.1, -0.05) is 6.92 Å². The maximum absolute atomic E-state index is 12.5. The summed E-state index contributed by atoms with van der Waals surface area (Å²) in [5, 5.41) is 3.00. The third kappa shape index (κ3) is 4.64. The molecule has 3 amide bonds. The van der Waals surface area contributed by atoms with Gasteiger partial charge in [-0.05, 0) is 26.2 Å². The van der Waals surface area contributed by atoms with Crippen molar-refractivity contribution in [2.24, 2.45) is 0 Å². The standard InChI is InChI=1S/C18H30N4O2/c1-4-8-16(5-2)19-18(24)22-13-11-20(12-14-22)15(3)17(23)21-9-6-7-10-21/h1,15-16H,5-14H2,2-3H3,(H,19,24)/t15-,16+/m1/s1. The molecule has 2 saturated heterocycles. The molecule has 2 rings (SSSR count). The zero-order valence-corrected chi connectivity index (χ0v) is 15.0. The molecule has 0 aromatic carbocycles. The predicted molar refractivity (Wildman–Crippen MR) is 94.5 cm³/mol. The Morgan fingerprint density at radius 2 is 1.71 bits per heavy atom. The lowest BCUT2D eigenvalue weighted by molar-refractivity contribution is -0.135. The van der Waals surface area contributed by atoms with Crippen LogP contribution < -0.4 is 5.32 Å². The average molecular weight is 334 g/mol. The van der Waals surface area contributed by atoms with Crippen molar-refractivity contribution in [3.05, 3.63) is 0 Å². The van der Waals surface area contributed by atoms with Crippen LogP contribution in [0.5, 0.6) is 0 Å². The van der Waals surface area contributed by atoms with E-state index in [0.29, 0.717) is 19.5 Å². The van der Waals surface area contributed by atoms with Crippen molar-refractivity contribution in [2.75, 3.05) is 39.3 Å². The highest BCUT2D eigenvalue weighted by molar-refractivity contribution is 5.81. The van der Waals surface area contributed by atoms with E-state index in [0.717, 1.165) is 45.4 Å². The van der Waals surface area contributed by atoms with Crippen LogP contribution in [-0.2, 0) is 4.79 Å². The van der Waals surface area contributed by atoms with E-state index in [2.05, 4.69) is 16.1 Å². The van der Waals surface area contributed by atoms with E-state index in [1.165, 1.54) is 0 Å². The number of piperazine rings is 1. The van der Waals surface area contributed by atoms with Crippen molar-refractivity contribution in [3.8, 4) is 12.3 Å². The summed E-state index contributed by atoms with van der Waals surface area (Å²) in [5.41, 5.74) is 0. The predicted octanol–water partition coefficient (Wildman–Crippen LogP) is 1.13. The fraction of sp³-hybridized carbons (Fsp3) is 0.778. The first-order chi connectivity index (χ1) is 11.6. The Hall–Kier alpha value is -1.74. The molecule has 24 heavy (non-hydrogen) atoms. The molecule has 2 aliphatic rings. The van der Waals surface area contributed by atoms with Crippen molar-refractivity contribution < 1.29 is 9.59 Å². The van der Waals surface area contributed by atoms with Gasteiger partial charge in [-0.15, -0.1) is 12.3 Å². The molecule has 0 spiro atoms. The number of carbonyl (C=O) groups excluding carboxylic acids is 2. The van der Waals surface area contributed by atoms with E-state index < -0.39 is 0 Å². The van der Waals surface area contributed by atoms with E-state index in [-0.39, 0.29) is 24.0 Å². The fourth-order valence-corrected chi connectivity index (χ4v) is 3.38. The van der Waals surface area contributed by atoms with Gasteiger partial charge in [0.05, 0.1) is 6.04 Å². The summed E-state index contributed by atoms with van der Waals surface area (Å²) in [5.74, 6) is 2.83. The van der Waals surface area contributed by atoms with Crippen molar-refractivity contribution >= 4 is 11.9 Å². The van der Waals surface area contributed by atoms with Crippen molar-refractivity contribution in [3.63, 3.8) is 0 Å². The van der Waals surface area contributed by atoms with Gasteiger partial charge < -0.3 is 15.1 Å². The second-order valence-electron chi connectivity index (χ2n) is 6.69. The summed E-state index contributed by atoms with van der Waals surface area (Å²) in [7, 11) is 0. The Bertz CT molecular complexity index is 474. The first kappa shape index (κ1) is 18.6. The lowest BCUT2D eigenvalue weighted by atomic mass is 10.1. The molecule has 0 saturated carbocycles. The molecule has 134 valence electrons. The average Bonchev–Trinajstić information content (AvgIpc) is 3.14. The number of hydrogen-bond donors (Lipinski definition) is 1. The van der Waals surface area contributed by atoms with Crippen LogP contribution in [0.1, 0.15) is 39.5 Å². The Balaban J connectivity index is 1.79. The Kier molecular flexibility index (Phi) is 6.92. The van der Waals surface area contributed by atoms with Crippen LogP contribution >= 0.6 is 0 Å². The first-order valence-corrected chi connectivity index (χ1v) is 9.08. The highest BCUT2D eigenvalue weighted by atomic mass is 16.2. The van der Waals surface area contributed by atoms with Crippen molar-refractivity contribution in [1.29, 1.82) is 0 Å². The Morgan fingerprint density at radius 3 is 2.25 bits per heavy atom. The van der Waals surface area contributed by atoms with E-state index in [1.54, 1.807) is 0 Å². The lowest BCUT2D eigenvalue weighted by Crippen LogP contribution is -2.57. The van der Waals surface area contributed by atoms with Gasteiger partial charge in [0.15, 0.2) is 0 Å². The molecular weight excluding hydrogens is 304 g/mol. The van der Waals surface area contributed by atoms with E-state index >= 15 is 0 Å². The monoisotopic (exact) mass is 334 g/mol. The smallest absolute Gasteiger partial charge is 0.317 e. The largest absolute Gasteiger partial charge is 0.341 e. The van der Waals surface area contributed by atoms with Gasteiger partial charge in [-0.2, -0.15) is 0 Å². The van der Waals surface area contributed by atoms with Crippen LogP contribution in [0, 0.1) is 12.3 Å². The molecule has 0 aromatic heterocycles. The second-order valence-corrected chi connectivity index (χ2v) is 6.69. The summed E-state index contributed by atoms with van der Waals surface area (Å²) in [4.78, 5) is 30.8. The molecule has 2 aliphatic heterocycles. The number of amides is 3. The molecule has 2 heterocycles. The molecule has 2 fully saturated rings. The third-order valence-corrected chi connectivity index (χ3v) is 5.11. The van der Waals surface area contributed by atoms with Crippen LogP contribution in [0.2, 0.25) is 0 Å². The molecular formula is C18H30N4O2. The van der Waals surface area contributed by atoms with Crippen LogP contribution in [0.4, 0.5) is 4.79 Å². The van der Waals surface area contributed by atoms with Gasteiger partial charge in [0.2, 0.25) is 5.91 Å². The van der Waals surface area contributed by atoms with E-state index in [1.807, 2.05) is 23.6 Å². The molecule has 6 heteroatoms. The zero-order valence-electron chi connectivity index (χ0n) is 15.0. The molecule has 0 aromatic rings. The van der Waals surface area contributed by atoms with Crippen LogP contribution in [0.3, 0.4) is 0 Å². The number of urea groups is 1. The third-order valence-electron chi connectivity index (χ3n) is 5.11. The molecule has 0 bridgehead atoms. The normalized spacial score (nSPS) is 21.2. The minimum absolute atomic E-state index is 0.0381. The summed E-state index contributed by atoms with van der Waals surface area (Å²) in [6.07, 6.45) is 8.95. The molecule has 2 atom stereocenters. The first-order valence-electron chi connectivity index (χ1n) is 9.08. The van der Waals surface area contributed by atoms with Crippen LogP contribution in [0.15, 0.2) is 0 Å².